The van der Waals surface area contributed by atoms with E-state index in [0.29, 0.717) is 12.0 Å². The monoisotopic (exact) mass is 550 g/mol. The van der Waals surface area contributed by atoms with Crippen LogP contribution in [0.2, 0.25) is 0 Å². The predicted molar refractivity (Wildman–Crippen MR) is 159 cm³/mol. The van der Waals surface area contributed by atoms with Crippen molar-refractivity contribution in [2.45, 2.75) is 32.7 Å². The molecule has 0 bridgehead atoms. The molecule has 0 aliphatic heterocycles. The summed E-state index contributed by atoms with van der Waals surface area (Å²) in [6.07, 6.45) is 2.23. The van der Waals surface area contributed by atoms with Crippen LogP contribution in [0.3, 0.4) is 0 Å². The van der Waals surface area contributed by atoms with E-state index in [4.69, 9.17) is 0 Å². The molecule has 1 atom stereocenters. The van der Waals surface area contributed by atoms with Gasteiger partial charge in [0.25, 0.3) is 5.91 Å². The number of nitrogens with one attached hydrogen (secondary N) is 3. The average molecular weight is 551 g/mol. The Hall–Kier alpha value is -4.85. The number of aromatic nitrogens is 1. The molecule has 0 aliphatic carbocycles. The molecule has 210 valence electrons. The van der Waals surface area contributed by atoms with Crippen molar-refractivity contribution in [1.82, 2.24) is 20.9 Å². The molecule has 3 N–H and O–H groups in total. The highest BCUT2D eigenvalue weighted by Gasteiger charge is 2.24. The smallest absolute Gasteiger partial charge is 0.252 e. The van der Waals surface area contributed by atoms with Gasteiger partial charge < -0.3 is 16.0 Å². The lowest BCUT2D eigenvalue weighted by atomic mass is 10.0. The first-order chi connectivity index (χ1) is 19.8. The van der Waals surface area contributed by atoms with Crippen molar-refractivity contribution in [3.05, 3.63) is 102 Å². The lowest BCUT2D eigenvalue weighted by Crippen LogP contribution is -2.49. The Morgan fingerprint density at radius 1 is 0.805 bits per heavy atom. The molecule has 0 radical (unpaired) electrons. The number of nitrogens with zero attached hydrogens (tertiary/aromatic N) is 1. The first kappa shape index (κ1) is 29.1. The number of fused-ring (bicyclic) bond motifs is 1. The van der Waals surface area contributed by atoms with Crippen LogP contribution in [-0.4, -0.2) is 47.6 Å². The molecule has 3 amide bonds. The van der Waals surface area contributed by atoms with E-state index in [1.807, 2.05) is 86.6 Å². The van der Waals surface area contributed by atoms with Gasteiger partial charge >= 0.3 is 0 Å². The van der Waals surface area contributed by atoms with Gasteiger partial charge in [0.15, 0.2) is 5.78 Å². The second-order valence-corrected chi connectivity index (χ2v) is 10.3. The van der Waals surface area contributed by atoms with Gasteiger partial charge in [-0.2, -0.15) is 0 Å². The molecule has 41 heavy (non-hydrogen) atoms. The zero-order valence-corrected chi connectivity index (χ0v) is 23.2. The number of ketones is 1. The van der Waals surface area contributed by atoms with E-state index < -0.39 is 11.9 Å². The normalized spacial score (nSPS) is 11.6. The number of hydrogen-bond acceptors (Lipinski definition) is 5. The molecule has 8 heteroatoms. The maximum Gasteiger partial charge on any atom is 0.252 e. The largest absolute Gasteiger partial charge is 0.349 e. The van der Waals surface area contributed by atoms with Crippen molar-refractivity contribution >= 4 is 34.3 Å². The zero-order valence-electron chi connectivity index (χ0n) is 23.2. The summed E-state index contributed by atoms with van der Waals surface area (Å²) in [5.74, 6) is -1.32. The van der Waals surface area contributed by atoms with Crippen LogP contribution in [0.4, 0.5) is 0 Å². The minimum atomic E-state index is -0.810. The summed E-state index contributed by atoms with van der Waals surface area (Å²) in [4.78, 5) is 55.3. The lowest BCUT2D eigenvalue weighted by Gasteiger charge is -2.20. The molecule has 0 saturated heterocycles. The first-order valence-corrected chi connectivity index (χ1v) is 13.6. The molecule has 8 nitrogen and oxygen atoms in total. The predicted octanol–water partition coefficient (Wildman–Crippen LogP) is 4.09. The first-order valence-electron chi connectivity index (χ1n) is 13.6. The van der Waals surface area contributed by atoms with Gasteiger partial charge in [-0.05, 0) is 52.9 Å². The van der Waals surface area contributed by atoms with Crippen LogP contribution in [0.5, 0.6) is 0 Å². The summed E-state index contributed by atoms with van der Waals surface area (Å²) < 4.78 is 0. The Labute approximate surface area is 239 Å². The third-order valence-corrected chi connectivity index (χ3v) is 6.56. The molecule has 4 rings (SSSR count). The van der Waals surface area contributed by atoms with Crippen LogP contribution >= 0.6 is 0 Å². The van der Waals surface area contributed by atoms with E-state index in [9.17, 15) is 19.2 Å². The van der Waals surface area contributed by atoms with Crippen molar-refractivity contribution in [2.24, 2.45) is 5.92 Å². The van der Waals surface area contributed by atoms with Crippen LogP contribution in [0, 0.1) is 5.92 Å². The Morgan fingerprint density at radius 2 is 1.54 bits per heavy atom. The summed E-state index contributed by atoms with van der Waals surface area (Å²) in [5.41, 5.74) is 2.99. The lowest BCUT2D eigenvalue weighted by molar-refractivity contribution is -0.127. The Kier molecular flexibility index (Phi) is 9.94. The van der Waals surface area contributed by atoms with Gasteiger partial charge in [-0.3, -0.25) is 24.2 Å². The van der Waals surface area contributed by atoms with Gasteiger partial charge in [0.1, 0.15) is 6.04 Å². The number of carbonyl (C=O) groups excluding carboxylic acids is 4. The molecule has 0 saturated carbocycles. The van der Waals surface area contributed by atoms with E-state index in [1.54, 1.807) is 18.3 Å². The van der Waals surface area contributed by atoms with Crippen molar-refractivity contribution < 1.29 is 19.2 Å². The fourth-order valence-corrected chi connectivity index (χ4v) is 4.55. The van der Waals surface area contributed by atoms with Gasteiger partial charge in [-0.15, -0.1) is 0 Å². The highest BCUT2D eigenvalue weighted by Crippen LogP contribution is 2.19. The van der Waals surface area contributed by atoms with Gasteiger partial charge in [-0.25, -0.2) is 0 Å². The molecule has 0 unspecified atom stereocenters. The van der Waals surface area contributed by atoms with Gasteiger partial charge in [-0.1, -0.05) is 74.5 Å². The summed E-state index contributed by atoms with van der Waals surface area (Å²) >= 11 is 0. The zero-order chi connectivity index (χ0) is 29.2. The highest BCUT2D eigenvalue weighted by molar-refractivity contribution is 6.08. The van der Waals surface area contributed by atoms with E-state index in [0.717, 1.165) is 27.6 Å². The molecule has 1 heterocycles. The minimum Gasteiger partial charge on any atom is -0.349 e. The molecular weight excluding hydrogens is 516 g/mol. The quantitative estimate of drug-likeness (QED) is 0.246. The van der Waals surface area contributed by atoms with Crippen LogP contribution in [0.25, 0.3) is 22.0 Å². The highest BCUT2D eigenvalue weighted by atomic mass is 16.2. The number of amides is 3. The van der Waals surface area contributed by atoms with Crippen LogP contribution < -0.4 is 16.0 Å². The second-order valence-electron chi connectivity index (χ2n) is 10.3. The topological polar surface area (TPSA) is 117 Å². The second kappa shape index (κ2) is 14.0. The van der Waals surface area contributed by atoms with Gasteiger partial charge in [0, 0.05) is 17.3 Å². The molecule has 0 fully saturated rings. The summed E-state index contributed by atoms with van der Waals surface area (Å²) in [7, 11) is 0. The molecule has 0 spiro atoms. The van der Waals surface area contributed by atoms with Crippen molar-refractivity contribution in [3.8, 4) is 11.3 Å². The maximum absolute atomic E-state index is 13.1. The average Bonchev–Trinajstić information content (AvgIpc) is 2.98. The minimum absolute atomic E-state index is 0.108. The Balaban J connectivity index is 1.28. The molecule has 4 aromatic rings. The summed E-state index contributed by atoms with van der Waals surface area (Å²) in [5, 5.41) is 9.80. The molecule has 1 aromatic heterocycles. The van der Waals surface area contributed by atoms with E-state index in [1.165, 1.54) is 0 Å². The number of pyridine rings is 1. The number of Topliss-reactive ketones (excluding diaryl/α,β-unsaturated/α-hetero) is 1. The van der Waals surface area contributed by atoms with E-state index in [2.05, 4.69) is 20.9 Å². The molecule has 0 aliphatic rings. The Bertz CT molecular complexity index is 1530. The Morgan fingerprint density at radius 3 is 2.32 bits per heavy atom. The van der Waals surface area contributed by atoms with E-state index in [-0.39, 0.29) is 43.0 Å². The standard InChI is InChI=1S/C33H34N4O4/c1-22(2)17-30(37-32(40)28-14-8-11-24-10-3-4-13-27(24)28)33(41)36-21-26(38)20-35-31(39)19-23-9-7-12-25(18-23)29-15-5-6-16-34-29/h3-16,18,22,30H,17,19-21H2,1-2H3,(H,35,39)(H,36,41)(H,37,40)/t30-/m0/s1. The number of carbonyl (C=O) groups is 4. The van der Waals surface area contributed by atoms with Crippen molar-refractivity contribution in [3.63, 3.8) is 0 Å². The fraction of sp³-hybridized carbons (Fsp3) is 0.242. The van der Waals surface area contributed by atoms with Crippen LogP contribution in [0.1, 0.15) is 36.2 Å². The number of benzene rings is 3. The molecular formula is C33H34N4O4. The molecule has 3 aromatic carbocycles. The number of hydrogen-bond donors (Lipinski definition) is 3. The maximum atomic E-state index is 13.1. The van der Waals surface area contributed by atoms with Crippen molar-refractivity contribution in [1.29, 1.82) is 0 Å². The summed E-state index contributed by atoms with van der Waals surface area (Å²) in [6.45, 7) is 3.44. The van der Waals surface area contributed by atoms with Gasteiger partial charge in [0.05, 0.1) is 25.2 Å². The van der Waals surface area contributed by atoms with E-state index >= 15 is 0 Å². The third kappa shape index (κ3) is 8.32. The van der Waals surface area contributed by atoms with Crippen molar-refractivity contribution in [2.75, 3.05) is 13.1 Å². The fourth-order valence-electron chi connectivity index (χ4n) is 4.55. The number of rotatable bonds is 12. The SMILES string of the molecule is CC(C)C[C@H](NC(=O)c1cccc2ccccc12)C(=O)NCC(=O)CNC(=O)Cc1cccc(-c2ccccn2)c1. The third-order valence-electron chi connectivity index (χ3n) is 6.56. The van der Waals surface area contributed by atoms with Crippen LogP contribution in [-0.2, 0) is 20.8 Å². The summed E-state index contributed by atoms with van der Waals surface area (Å²) in [6, 6.07) is 25.4. The van der Waals surface area contributed by atoms with Gasteiger partial charge in [0.2, 0.25) is 11.8 Å². The van der Waals surface area contributed by atoms with Crippen LogP contribution in [0.15, 0.2) is 91.1 Å².